The molecule has 11 heteroatoms. The van der Waals surface area contributed by atoms with Gasteiger partial charge in [-0.1, -0.05) is 48.7 Å². The van der Waals surface area contributed by atoms with Crippen molar-refractivity contribution in [3.05, 3.63) is 63.9 Å². The Morgan fingerprint density at radius 3 is 2.41 bits per heavy atom. The van der Waals surface area contributed by atoms with Gasteiger partial charge in [-0.15, -0.1) is 0 Å². The molecule has 0 aliphatic carbocycles. The number of anilines is 1. The molecule has 0 heterocycles. The number of sulfonamides is 1. The zero-order valence-corrected chi connectivity index (χ0v) is 21.6. The van der Waals surface area contributed by atoms with E-state index < -0.39 is 34.3 Å². The van der Waals surface area contributed by atoms with Gasteiger partial charge in [0.15, 0.2) is 0 Å². The molecule has 1 unspecified atom stereocenters. The molecule has 0 fully saturated rings. The van der Waals surface area contributed by atoms with Crippen molar-refractivity contribution in [2.75, 3.05) is 23.7 Å². The molecule has 1 N–H and O–H groups in total. The van der Waals surface area contributed by atoms with Crippen molar-refractivity contribution >= 4 is 50.7 Å². The van der Waals surface area contributed by atoms with Crippen LogP contribution in [0.2, 0.25) is 10.0 Å². The van der Waals surface area contributed by atoms with Crippen LogP contribution in [0.3, 0.4) is 0 Å². The van der Waals surface area contributed by atoms with Gasteiger partial charge in [0.25, 0.3) is 0 Å². The molecular weight excluding hydrogens is 504 g/mol. The van der Waals surface area contributed by atoms with Gasteiger partial charge in [0, 0.05) is 13.1 Å². The quantitative estimate of drug-likeness (QED) is 0.439. The van der Waals surface area contributed by atoms with Crippen molar-refractivity contribution in [1.29, 1.82) is 0 Å². The first-order valence-corrected chi connectivity index (χ1v) is 13.3. The molecule has 0 saturated heterocycles. The summed E-state index contributed by atoms with van der Waals surface area (Å²) >= 11 is 12.1. The summed E-state index contributed by atoms with van der Waals surface area (Å²) in [6, 6.07) is 8.84. The number of carbonyl (C=O) groups is 2. The number of nitrogens with zero attached hydrogens (tertiary/aromatic N) is 2. The average Bonchev–Trinajstić information content (AvgIpc) is 2.76. The maximum absolute atomic E-state index is 13.8. The van der Waals surface area contributed by atoms with Gasteiger partial charge >= 0.3 is 0 Å². The van der Waals surface area contributed by atoms with E-state index in [4.69, 9.17) is 23.2 Å². The number of nitrogens with one attached hydrogen (secondary N) is 1. The summed E-state index contributed by atoms with van der Waals surface area (Å²) < 4.78 is 39.4. The number of rotatable bonds is 11. The van der Waals surface area contributed by atoms with Crippen LogP contribution in [0, 0.1) is 5.82 Å². The third-order valence-corrected chi connectivity index (χ3v) is 6.99. The van der Waals surface area contributed by atoms with Gasteiger partial charge in [-0.25, -0.2) is 12.8 Å². The van der Waals surface area contributed by atoms with E-state index in [2.05, 4.69) is 5.32 Å². The molecule has 0 spiro atoms. The number of benzene rings is 2. The van der Waals surface area contributed by atoms with Crippen molar-refractivity contribution in [2.45, 2.75) is 39.3 Å². The Balaban J connectivity index is 2.37. The fraction of sp³-hybridized carbons (Fsp3) is 0.391. The average molecular weight is 532 g/mol. The summed E-state index contributed by atoms with van der Waals surface area (Å²) in [7, 11) is -3.93. The van der Waals surface area contributed by atoms with Crippen LogP contribution >= 0.6 is 23.2 Å². The molecule has 0 bridgehead atoms. The normalized spacial score (nSPS) is 12.2. The number of carbonyl (C=O) groups excluding carboxylic acids is 2. The van der Waals surface area contributed by atoms with Crippen LogP contribution in [-0.2, 0) is 26.2 Å². The van der Waals surface area contributed by atoms with Crippen LogP contribution in [0.15, 0.2) is 42.5 Å². The third-order valence-electron chi connectivity index (χ3n) is 5.11. The second-order valence-corrected chi connectivity index (χ2v) is 10.6. The van der Waals surface area contributed by atoms with Gasteiger partial charge in [-0.3, -0.25) is 13.9 Å². The highest BCUT2D eigenvalue weighted by atomic mass is 35.5. The number of hydrogen-bond donors (Lipinski definition) is 1. The minimum absolute atomic E-state index is 0.00499. The van der Waals surface area contributed by atoms with Crippen molar-refractivity contribution < 1.29 is 22.4 Å². The number of unbranched alkanes of at least 4 members (excludes halogenated alkanes) is 1. The smallest absolute Gasteiger partial charge is 0.244 e. The van der Waals surface area contributed by atoms with Gasteiger partial charge in [0.05, 0.1) is 22.0 Å². The largest absolute Gasteiger partial charge is 0.354 e. The monoisotopic (exact) mass is 531 g/mol. The van der Waals surface area contributed by atoms with Crippen molar-refractivity contribution in [2.24, 2.45) is 0 Å². The summed E-state index contributed by atoms with van der Waals surface area (Å²) in [5.41, 5.74) is 0.609. The molecule has 186 valence electrons. The molecule has 0 aromatic heterocycles. The standard InChI is InChI=1S/C23H28Cl2FN3O4S/c1-4-5-11-27-23(31)16(2)28(14-17-9-10-20(24)21(25)12-17)22(30)15-29(34(3,32)33)19-8-6-7-18(26)13-19/h6-10,12-13,16H,4-5,11,14-15H2,1-3H3,(H,27,31). The lowest BCUT2D eigenvalue weighted by Crippen LogP contribution is -2.51. The summed E-state index contributed by atoms with van der Waals surface area (Å²) in [4.78, 5) is 27.4. The Bertz CT molecular complexity index is 1130. The maximum atomic E-state index is 13.8. The van der Waals surface area contributed by atoms with Gasteiger partial charge in [-0.05, 0) is 49.2 Å². The Hall–Kier alpha value is -2.36. The molecule has 7 nitrogen and oxygen atoms in total. The minimum Gasteiger partial charge on any atom is -0.354 e. The lowest BCUT2D eigenvalue weighted by atomic mass is 10.1. The first-order valence-electron chi connectivity index (χ1n) is 10.7. The molecule has 1 atom stereocenters. The zero-order valence-electron chi connectivity index (χ0n) is 19.2. The molecule has 34 heavy (non-hydrogen) atoms. The highest BCUT2D eigenvalue weighted by Crippen LogP contribution is 2.24. The van der Waals surface area contributed by atoms with Crippen LogP contribution in [0.4, 0.5) is 10.1 Å². The molecule has 2 aromatic carbocycles. The second kappa shape index (κ2) is 12.4. The lowest BCUT2D eigenvalue weighted by Gasteiger charge is -2.31. The van der Waals surface area contributed by atoms with E-state index in [1.807, 2.05) is 6.92 Å². The van der Waals surface area contributed by atoms with E-state index in [9.17, 15) is 22.4 Å². The maximum Gasteiger partial charge on any atom is 0.244 e. The van der Waals surface area contributed by atoms with E-state index in [-0.39, 0.29) is 23.2 Å². The zero-order chi connectivity index (χ0) is 25.5. The lowest BCUT2D eigenvalue weighted by molar-refractivity contribution is -0.139. The first-order chi connectivity index (χ1) is 15.9. The summed E-state index contributed by atoms with van der Waals surface area (Å²) in [5.74, 6) is -1.66. The molecule has 0 aliphatic rings. The van der Waals surface area contributed by atoms with E-state index in [0.717, 1.165) is 29.5 Å². The molecular formula is C23H28Cl2FN3O4S. The van der Waals surface area contributed by atoms with E-state index >= 15 is 0 Å². The SMILES string of the molecule is CCCCNC(=O)C(C)N(Cc1ccc(Cl)c(Cl)c1)C(=O)CN(c1cccc(F)c1)S(C)(=O)=O. The molecule has 2 aromatic rings. The van der Waals surface area contributed by atoms with E-state index in [0.29, 0.717) is 17.1 Å². The molecule has 2 amide bonds. The number of halogens is 3. The third kappa shape index (κ3) is 7.85. The first kappa shape index (κ1) is 27.9. The van der Waals surface area contributed by atoms with E-state index in [1.54, 1.807) is 25.1 Å². The predicted molar refractivity (Wildman–Crippen MR) is 133 cm³/mol. The molecule has 0 saturated carbocycles. The molecule has 2 rings (SSSR count). The molecule has 0 radical (unpaired) electrons. The fourth-order valence-corrected chi connectivity index (χ4v) is 4.36. The number of amides is 2. The van der Waals surface area contributed by atoms with Crippen LogP contribution < -0.4 is 9.62 Å². The predicted octanol–water partition coefficient (Wildman–Crippen LogP) is 4.23. The Morgan fingerprint density at radius 1 is 1.12 bits per heavy atom. The fourth-order valence-electron chi connectivity index (χ4n) is 3.20. The Labute approximate surface area is 209 Å². The second-order valence-electron chi connectivity index (χ2n) is 7.84. The van der Waals surface area contributed by atoms with Gasteiger partial charge in [-0.2, -0.15) is 0 Å². The van der Waals surface area contributed by atoms with Crippen LogP contribution in [0.5, 0.6) is 0 Å². The number of hydrogen-bond acceptors (Lipinski definition) is 4. The van der Waals surface area contributed by atoms with Crippen LogP contribution in [0.25, 0.3) is 0 Å². The van der Waals surface area contributed by atoms with Crippen molar-refractivity contribution in [1.82, 2.24) is 10.2 Å². The van der Waals surface area contributed by atoms with E-state index in [1.165, 1.54) is 23.1 Å². The Kier molecular flexibility index (Phi) is 10.1. The topological polar surface area (TPSA) is 86.8 Å². The summed E-state index contributed by atoms with van der Waals surface area (Å²) in [6.45, 7) is 3.37. The van der Waals surface area contributed by atoms with Crippen molar-refractivity contribution in [3.63, 3.8) is 0 Å². The van der Waals surface area contributed by atoms with Gasteiger partial charge in [0.2, 0.25) is 21.8 Å². The highest BCUT2D eigenvalue weighted by Gasteiger charge is 2.30. The summed E-state index contributed by atoms with van der Waals surface area (Å²) in [5, 5.41) is 3.40. The molecule has 0 aliphatic heterocycles. The Morgan fingerprint density at radius 2 is 1.82 bits per heavy atom. The highest BCUT2D eigenvalue weighted by molar-refractivity contribution is 7.92. The minimum atomic E-state index is -3.93. The van der Waals surface area contributed by atoms with Crippen LogP contribution in [-0.4, -0.2) is 50.5 Å². The summed E-state index contributed by atoms with van der Waals surface area (Å²) in [6.07, 6.45) is 2.59. The van der Waals surface area contributed by atoms with Crippen molar-refractivity contribution in [3.8, 4) is 0 Å². The van der Waals surface area contributed by atoms with Gasteiger partial charge in [0.1, 0.15) is 18.4 Å². The van der Waals surface area contributed by atoms with Crippen LogP contribution in [0.1, 0.15) is 32.3 Å². The van der Waals surface area contributed by atoms with Gasteiger partial charge < -0.3 is 10.2 Å².